The van der Waals surface area contributed by atoms with Crippen LogP contribution in [-0.4, -0.2) is 46.7 Å². The van der Waals surface area contributed by atoms with E-state index in [1.807, 2.05) is 11.8 Å². The number of fused-ring (bicyclic) bond motifs is 2. The number of aryl methyl sites for hydroxylation is 1. The van der Waals surface area contributed by atoms with Crippen LogP contribution in [0.15, 0.2) is 52.8 Å². The molecule has 0 unspecified atom stereocenters. The number of thiophene rings is 1. The highest BCUT2D eigenvalue weighted by Gasteiger charge is 2.23. The molecule has 0 atom stereocenters. The van der Waals surface area contributed by atoms with Gasteiger partial charge in [0, 0.05) is 55.6 Å². The Morgan fingerprint density at radius 1 is 1.15 bits per heavy atom. The molecule has 3 heterocycles. The average molecular weight is 502 g/mol. The summed E-state index contributed by atoms with van der Waals surface area (Å²) in [5, 5.41) is 12.8. The number of hydrogen-bond donors (Lipinski definition) is 1. The number of pyridine rings is 1. The van der Waals surface area contributed by atoms with Gasteiger partial charge in [-0.1, -0.05) is 18.2 Å². The van der Waals surface area contributed by atoms with Crippen molar-refractivity contribution in [3.8, 4) is 0 Å². The number of carboxylic acid groups (broad SMARTS) is 1. The van der Waals surface area contributed by atoms with Gasteiger partial charge in [0.25, 0.3) is 0 Å². The number of aromatic carboxylic acids is 1. The molecular formula is C25H25ClFN3O3S. The number of rotatable bonds is 5. The fourth-order valence-electron chi connectivity index (χ4n) is 4.62. The van der Waals surface area contributed by atoms with Crippen molar-refractivity contribution < 1.29 is 14.3 Å². The Hall–Kier alpha value is -2.94. The number of carbonyl (C=O) groups is 1. The number of carboxylic acids is 1. The number of halogens is 2. The number of aromatic nitrogens is 1. The number of benzene rings is 2. The molecule has 1 aliphatic rings. The Bertz CT molecular complexity index is 1430. The zero-order chi connectivity index (χ0) is 23.1. The van der Waals surface area contributed by atoms with Crippen LogP contribution >= 0.6 is 23.7 Å². The number of hydrogen-bond acceptors (Lipinski definition) is 5. The standard InChI is InChI=1S/C25H24FN3O3S.ClH/c1-2-28-15-19(25(31)32)23(30)18-12-20(26)22(13-21(18)28)29-9-7-27(8-10-29)14-17-5-3-4-16-6-11-33-24(16)17;/h3-6,11-13,15H,2,7-10,14H2,1H3,(H,31,32);1H. The van der Waals surface area contributed by atoms with Gasteiger partial charge in [0.05, 0.1) is 11.2 Å². The predicted octanol–water partition coefficient (Wildman–Crippen LogP) is 4.82. The molecule has 2 aromatic carbocycles. The summed E-state index contributed by atoms with van der Waals surface area (Å²) in [6.07, 6.45) is 1.35. The summed E-state index contributed by atoms with van der Waals surface area (Å²) in [5.41, 5.74) is 1.32. The second-order valence-electron chi connectivity index (χ2n) is 8.30. The van der Waals surface area contributed by atoms with Gasteiger partial charge in [-0.3, -0.25) is 9.69 Å². The summed E-state index contributed by atoms with van der Waals surface area (Å²) in [4.78, 5) is 28.4. The number of anilines is 1. The first kappa shape index (κ1) is 24.2. The first-order chi connectivity index (χ1) is 16.0. The van der Waals surface area contributed by atoms with Crippen molar-refractivity contribution in [3.63, 3.8) is 0 Å². The lowest BCUT2D eigenvalue weighted by Gasteiger charge is -2.36. The van der Waals surface area contributed by atoms with Gasteiger partial charge >= 0.3 is 5.97 Å². The molecule has 1 fully saturated rings. The van der Waals surface area contributed by atoms with E-state index in [2.05, 4.69) is 34.5 Å². The predicted molar refractivity (Wildman–Crippen MR) is 137 cm³/mol. The van der Waals surface area contributed by atoms with Gasteiger partial charge in [0.1, 0.15) is 11.4 Å². The van der Waals surface area contributed by atoms with Crippen LogP contribution < -0.4 is 10.3 Å². The third-order valence-electron chi connectivity index (χ3n) is 6.39. The molecule has 34 heavy (non-hydrogen) atoms. The minimum atomic E-state index is -1.30. The fourth-order valence-corrected chi connectivity index (χ4v) is 5.53. The molecule has 0 spiro atoms. The molecule has 0 bridgehead atoms. The van der Waals surface area contributed by atoms with E-state index in [-0.39, 0.29) is 23.4 Å². The Morgan fingerprint density at radius 2 is 1.91 bits per heavy atom. The Morgan fingerprint density at radius 3 is 2.62 bits per heavy atom. The van der Waals surface area contributed by atoms with Crippen LogP contribution in [0.2, 0.25) is 0 Å². The zero-order valence-corrected chi connectivity index (χ0v) is 20.3. The van der Waals surface area contributed by atoms with E-state index in [0.717, 1.165) is 19.6 Å². The minimum Gasteiger partial charge on any atom is -0.477 e. The summed E-state index contributed by atoms with van der Waals surface area (Å²) in [6, 6.07) is 11.4. The maximum absolute atomic E-state index is 15.1. The number of piperazine rings is 1. The molecule has 2 aromatic heterocycles. The van der Waals surface area contributed by atoms with Crippen molar-refractivity contribution in [1.29, 1.82) is 0 Å². The minimum absolute atomic E-state index is 0. The Labute approximate surface area is 206 Å². The van der Waals surface area contributed by atoms with Crippen molar-refractivity contribution >= 4 is 56.4 Å². The van der Waals surface area contributed by atoms with E-state index in [1.54, 1.807) is 22.0 Å². The lowest BCUT2D eigenvalue weighted by atomic mass is 10.1. The quantitative estimate of drug-likeness (QED) is 0.425. The van der Waals surface area contributed by atoms with E-state index < -0.39 is 17.2 Å². The zero-order valence-electron chi connectivity index (χ0n) is 18.7. The first-order valence-corrected chi connectivity index (χ1v) is 11.9. The molecule has 178 valence electrons. The Balaban J connectivity index is 0.00000274. The van der Waals surface area contributed by atoms with E-state index in [0.29, 0.717) is 30.8 Å². The van der Waals surface area contributed by atoms with Crippen molar-refractivity contribution in [3.05, 3.63) is 75.1 Å². The van der Waals surface area contributed by atoms with Gasteiger partial charge < -0.3 is 14.6 Å². The molecule has 6 nitrogen and oxygen atoms in total. The van der Waals surface area contributed by atoms with Crippen molar-refractivity contribution in [1.82, 2.24) is 9.47 Å². The fraction of sp³-hybridized carbons (Fsp3) is 0.280. The van der Waals surface area contributed by atoms with Crippen LogP contribution in [0, 0.1) is 5.82 Å². The molecule has 0 saturated carbocycles. The van der Waals surface area contributed by atoms with Gasteiger partial charge in [-0.2, -0.15) is 0 Å². The first-order valence-electron chi connectivity index (χ1n) is 11.0. The van der Waals surface area contributed by atoms with Crippen LogP contribution in [-0.2, 0) is 13.1 Å². The average Bonchev–Trinajstić information content (AvgIpc) is 3.30. The van der Waals surface area contributed by atoms with Crippen LogP contribution in [0.5, 0.6) is 0 Å². The lowest BCUT2D eigenvalue weighted by molar-refractivity contribution is 0.0695. The third kappa shape index (κ3) is 4.29. The normalized spacial score (nSPS) is 14.5. The topological polar surface area (TPSA) is 65.8 Å². The SMILES string of the molecule is CCn1cc(C(=O)O)c(=O)c2cc(F)c(N3CCN(Cc4cccc5ccsc45)CC3)cc21.Cl. The lowest BCUT2D eigenvalue weighted by Crippen LogP contribution is -2.46. The summed E-state index contributed by atoms with van der Waals surface area (Å²) in [5.74, 6) is -1.80. The maximum Gasteiger partial charge on any atom is 0.341 e. The summed E-state index contributed by atoms with van der Waals surface area (Å²) in [7, 11) is 0. The molecule has 1 N–H and O–H groups in total. The van der Waals surface area contributed by atoms with E-state index in [1.165, 1.54) is 27.9 Å². The van der Waals surface area contributed by atoms with Gasteiger partial charge in [0.2, 0.25) is 5.43 Å². The van der Waals surface area contributed by atoms with Gasteiger partial charge in [-0.25, -0.2) is 9.18 Å². The van der Waals surface area contributed by atoms with Crippen molar-refractivity contribution in [2.45, 2.75) is 20.0 Å². The monoisotopic (exact) mass is 501 g/mol. The molecule has 1 saturated heterocycles. The molecule has 1 aliphatic heterocycles. The highest BCUT2D eigenvalue weighted by Crippen LogP contribution is 2.28. The van der Waals surface area contributed by atoms with E-state index in [9.17, 15) is 14.7 Å². The molecule has 9 heteroatoms. The van der Waals surface area contributed by atoms with Crippen molar-refractivity contribution in [2.75, 3.05) is 31.1 Å². The largest absolute Gasteiger partial charge is 0.477 e. The van der Waals surface area contributed by atoms with Crippen LogP contribution in [0.3, 0.4) is 0 Å². The highest BCUT2D eigenvalue weighted by atomic mass is 35.5. The van der Waals surface area contributed by atoms with Crippen LogP contribution in [0.4, 0.5) is 10.1 Å². The summed E-state index contributed by atoms with van der Waals surface area (Å²) >= 11 is 1.76. The van der Waals surface area contributed by atoms with Gasteiger partial charge in [-0.15, -0.1) is 23.7 Å². The smallest absolute Gasteiger partial charge is 0.341 e. The summed E-state index contributed by atoms with van der Waals surface area (Å²) < 4.78 is 18.1. The number of nitrogens with zero attached hydrogens (tertiary/aromatic N) is 3. The molecule has 0 radical (unpaired) electrons. The second kappa shape index (κ2) is 9.74. The third-order valence-corrected chi connectivity index (χ3v) is 7.39. The second-order valence-corrected chi connectivity index (χ2v) is 9.22. The molecular weight excluding hydrogens is 477 g/mol. The van der Waals surface area contributed by atoms with Crippen LogP contribution in [0.1, 0.15) is 22.8 Å². The van der Waals surface area contributed by atoms with E-state index >= 15 is 4.39 Å². The molecule has 0 amide bonds. The summed E-state index contributed by atoms with van der Waals surface area (Å²) in [6.45, 7) is 6.16. The molecule has 0 aliphatic carbocycles. The molecule has 5 rings (SSSR count). The molecule has 4 aromatic rings. The Kier molecular flexibility index (Phi) is 6.93. The van der Waals surface area contributed by atoms with Gasteiger partial charge in [0.15, 0.2) is 0 Å². The highest BCUT2D eigenvalue weighted by molar-refractivity contribution is 7.17. The maximum atomic E-state index is 15.1. The van der Waals surface area contributed by atoms with Crippen molar-refractivity contribution in [2.24, 2.45) is 0 Å². The van der Waals surface area contributed by atoms with E-state index in [4.69, 9.17) is 0 Å². The van der Waals surface area contributed by atoms with Gasteiger partial charge in [-0.05, 0) is 41.5 Å². The van der Waals surface area contributed by atoms with Crippen LogP contribution in [0.25, 0.3) is 21.0 Å².